The van der Waals surface area contributed by atoms with Crippen LogP contribution in [0.5, 0.6) is 5.75 Å². The third kappa shape index (κ3) is 5.22. The van der Waals surface area contributed by atoms with Crippen LogP contribution in [-0.2, 0) is 0 Å². The average molecular weight is 306 g/mol. The third-order valence-corrected chi connectivity index (χ3v) is 4.15. The van der Waals surface area contributed by atoms with Gasteiger partial charge in [-0.25, -0.2) is 4.79 Å². The summed E-state index contributed by atoms with van der Waals surface area (Å²) < 4.78 is 5.08. The Bertz CT molecular complexity index is 453. The highest BCUT2D eigenvalue weighted by Gasteiger charge is 2.15. The van der Waals surface area contributed by atoms with Crippen molar-refractivity contribution in [1.82, 2.24) is 10.6 Å². The van der Waals surface area contributed by atoms with E-state index in [2.05, 4.69) is 10.6 Å². The number of benzene rings is 1. The van der Waals surface area contributed by atoms with Crippen molar-refractivity contribution in [2.45, 2.75) is 50.7 Å². The lowest BCUT2D eigenvalue weighted by atomic mass is 10.1. The second-order valence-corrected chi connectivity index (χ2v) is 5.83. The van der Waals surface area contributed by atoms with E-state index < -0.39 is 6.10 Å². The Labute approximate surface area is 132 Å². The molecule has 0 aromatic heterocycles. The largest absolute Gasteiger partial charge is 0.497 e. The van der Waals surface area contributed by atoms with Crippen molar-refractivity contribution in [3.05, 3.63) is 29.8 Å². The van der Waals surface area contributed by atoms with E-state index in [-0.39, 0.29) is 18.6 Å². The highest BCUT2D eigenvalue weighted by molar-refractivity contribution is 5.74. The van der Waals surface area contributed by atoms with E-state index in [1.54, 1.807) is 31.4 Å². The Morgan fingerprint density at radius 1 is 1.23 bits per heavy atom. The summed E-state index contributed by atoms with van der Waals surface area (Å²) in [5.41, 5.74) is 0.760. The normalized spacial score (nSPS) is 17.4. The molecule has 0 bridgehead atoms. The first-order valence-electron chi connectivity index (χ1n) is 8.05. The number of urea groups is 1. The smallest absolute Gasteiger partial charge is 0.315 e. The van der Waals surface area contributed by atoms with E-state index in [1.807, 2.05) is 0 Å². The zero-order chi connectivity index (χ0) is 15.8. The molecule has 1 aromatic carbocycles. The summed E-state index contributed by atoms with van der Waals surface area (Å²) in [7, 11) is 1.60. The molecule has 1 unspecified atom stereocenters. The first-order chi connectivity index (χ1) is 10.7. The lowest BCUT2D eigenvalue weighted by molar-refractivity contribution is 0.172. The molecule has 22 heavy (non-hydrogen) atoms. The Morgan fingerprint density at radius 3 is 2.45 bits per heavy atom. The first kappa shape index (κ1) is 16.6. The third-order valence-electron chi connectivity index (χ3n) is 4.15. The van der Waals surface area contributed by atoms with Gasteiger partial charge in [-0.05, 0) is 30.5 Å². The minimum atomic E-state index is -0.717. The number of hydrogen-bond acceptors (Lipinski definition) is 3. The van der Waals surface area contributed by atoms with Crippen molar-refractivity contribution < 1.29 is 14.6 Å². The predicted octanol–water partition coefficient (Wildman–Crippen LogP) is 2.75. The molecule has 2 rings (SSSR count). The van der Waals surface area contributed by atoms with Gasteiger partial charge in [-0.15, -0.1) is 0 Å². The summed E-state index contributed by atoms with van der Waals surface area (Å²) in [6.45, 7) is 0.199. The van der Waals surface area contributed by atoms with Crippen LogP contribution in [0.4, 0.5) is 4.79 Å². The van der Waals surface area contributed by atoms with Gasteiger partial charge in [0.15, 0.2) is 0 Å². The number of carbonyl (C=O) groups excluding carboxylic acids is 1. The lowest BCUT2D eigenvalue weighted by Crippen LogP contribution is -2.43. The van der Waals surface area contributed by atoms with Crippen LogP contribution in [0.15, 0.2) is 24.3 Å². The summed E-state index contributed by atoms with van der Waals surface area (Å²) in [6, 6.07) is 7.26. The van der Waals surface area contributed by atoms with Gasteiger partial charge in [0.25, 0.3) is 0 Å². The summed E-state index contributed by atoms with van der Waals surface area (Å²) >= 11 is 0. The summed E-state index contributed by atoms with van der Waals surface area (Å²) in [5.74, 6) is 0.745. The van der Waals surface area contributed by atoms with Crippen LogP contribution in [0.25, 0.3) is 0 Å². The molecular formula is C17H26N2O3. The van der Waals surface area contributed by atoms with Crippen molar-refractivity contribution in [2.24, 2.45) is 0 Å². The Hall–Kier alpha value is -1.75. The highest BCUT2D eigenvalue weighted by Crippen LogP contribution is 2.18. The fraction of sp³-hybridized carbons (Fsp3) is 0.588. The molecule has 5 heteroatoms. The SMILES string of the molecule is COc1ccc(C(O)CNC(=O)NC2CCCCCC2)cc1. The molecule has 3 N–H and O–H groups in total. The fourth-order valence-electron chi connectivity index (χ4n) is 2.79. The van der Waals surface area contributed by atoms with Crippen LogP contribution in [-0.4, -0.2) is 30.8 Å². The molecule has 0 radical (unpaired) electrons. The maximum Gasteiger partial charge on any atom is 0.315 e. The van der Waals surface area contributed by atoms with Gasteiger partial charge in [0.1, 0.15) is 5.75 Å². The summed E-state index contributed by atoms with van der Waals surface area (Å²) in [4.78, 5) is 11.9. The minimum Gasteiger partial charge on any atom is -0.497 e. The van der Waals surface area contributed by atoms with E-state index in [0.717, 1.165) is 24.2 Å². The van der Waals surface area contributed by atoms with E-state index in [1.165, 1.54) is 25.7 Å². The summed E-state index contributed by atoms with van der Waals surface area (Å²) in [6.07, 6.45) is 6.26. The van der Waals surface area contributed by atoms with Gasteiger partial charge in [-0.1, -0.05) is 37.8 Å². The van der Waals surface area contributed by atoms with E-state index in [4.69, 9.17) is 4.74 Å². The first-order valence-corrected chi connectivity index (χ1v) is 8.05. The highest BCUT2D eigenvalue weighted by atomic mass is 16.5. The van der Waals surface area contributed by atoms with Gasteiger partial charge in [-0.3, -0.25) is 0 Å². The Kier molecular flexibility index (Phi) is 6.52. The molecule has 1 saturated carbocycles. The molecule has 1 atom stereocenters. The van der Waals surface area contributed by atoms with Crippen molar-refractivity contribution in [3.8, 4) is 5.75 Å². The zero-order valence-electron chi connectivity index (χ0n) is 13.2. The molecule has 1 fully saturated rings. The molecule has 0 saturated heterocycles. The van der Waals surface area contributed by atoms with Crippen LogP contribution >= 0.6 is 0 Å². The van der Waals surface area contributed by atoms with Crippen molar-refractivity contribution in [3.63, 3.8) is 0 Å². The number of nitrogens with one attached hydrogen (secondary N) is 2. The van der Waals surface area contributed by atoms with Crippen LogP contribution in [0.3, 0.4) is 0 Å². The molecular weight excluding hydrogens is 280 g/mol. The fourth-order valence-corrected chi connectivity index (χ4v) is 2.79. The maximum absolute atomic E-state index is 11.9. The molecule has 0 heterocycles. The second-order valence-electron chi connectivity index (χ2n) is 5.83. The van der Waals surface area contributed by atoms with Gasteiger partial charge in [0, 0.05) is 12.6 Å². The summed E-state index contributed by atoms with van der Waals surface area (Å²) in [5, 5.41) is 15.8. The standard InChI is InChI=1S/C17H26N2O3/c1-22-15-10-8-13(9-11-15)16(20)12-18-17(21)19-14-6-4-2-3-5-7-14/h8-11,14,16,20H,2-7,12H2,1H3,(H2,18,19,21). The number of carbonyl (C=O) groups is 1. The van der Waals surface area contributed by atoms with Gasteiger partial charge < -0.3 is 20.5 Å². The predicted molar refractivity (Wildman–Crippen MR) is 86.0 cm³/mol. The number of methoxy groups -OCH3 is 1. The van der Waals surface area contributed by atoms with Gasteiger partial charge in [0.2, 0.25) is 0 Å². The van der Waals surface area contributed by atoms with Gasteiger partial charge in [0.05, 0.1) is 13.2 Å². The van der Waals surface area contributed by atoms with Crippen molar-refractivity contribution >= 4 is 6.03 Å². The topological polar surface area (TPSA) is 70.6 Å². The zero-order valence-corrected chi connectivity index (χ0v) is 13.2. The van der Waals surface area contributed by atoms with Gasteiger partial charge >= 0.3 is 6.03 Å². The second kappa shape index (κ2) is 8.63. The van der Waals surface area contributed by atoms with Gasteiger partial charge in [-0.2, -0.15) is 0 Å². The average Bonchev–Trinajstić information content (AvgIpc) is 2.81. The molecule has 0 spiro atoms. The number of aliphatic hydroxyl groups excluding tert-OH is 1. The quantitative estimate of drug-likeness (QED) is 0.733. The minimum absolute atomic E-state index is 0.195. The molecule has 2 amide bonds. The van der Waals surface area contributed by atoms with Crippen LogP contribution < -0.4 is 15.4 Å². The molecule has 122 valence electrons. The van der Waals surface area contributed by atoms with E-state index in [0.29, 0.717) is 0 Å². The maximum atomic E-state index is 11.9. The van der Waals surface area contributed by atoms with E-state index >= 15 is 0 Å². The number of ether oxygens (including phenoxy) is 1. The monoisotopic (exact) mass is 306 g/mol. The van der Waals surface area contributed by atoms with Crippen LogP contribution in [0.1, 0.15) is 50.2 Å². The molecule has 5 nitrogen and oxygen atoms in total. The molecule has 1 aromatic rings. The van der Waals surface area contributed by atoms with Crippen LogP contribution in [0.2, 0.25) is 0 Å². The number of aliphatic hydroxyl groups is 1. The number of amides is 2. The van der Waals surface area contributed by atoms with Crippen molar-refractivity contribution in [2.75, 3.05) is 13.7 Å². The number of rotatable bonds is 5. The van der Waals surface area contributed by atoms with Crippen molar-refractivity contribution in [1.29, 1.82) is 0 Å². The molecule has 0 aliphatic heterocycles. The Morgan fingerprint density at radius 2 is 1.86 bits per heavy atom. The molecule has 1 aliphatic rings. The lowest BCUT2D eigenvalue weighted by Gasteiger charge is -2.18. The van der Waals surface area contributed by atoms with Crippen LogP contribution in [0, 0.1) is 0 Å². The molecule has 1 aliphatic carbocycles. The van der Waals surface area contributed by atoms with E-state index in [9.17, 15) is 9.90 Å². The Balaban J connectivity index is 1.74. The number of hydrogen-bond donors (Lipinski definition) is 3.